The second-order valence-electron chi connectivity index (χ2n) is 1.95. The average molecular weight is 326 g/mol. The zero-order valence-electron chi connectivity index (χ0n) is 5.62. The van der Waals surface area contributed by atoms with E-state index in [0.29, 0.717) is 0 Å². The van der Waals surface area contributed by atoms with Gasteiger partial charge in [-0.15, -0.1) is 22.7 Å². The van der Waals surface area contributed by atoms with E-state index in [9.17, 15) is 0 Å². The van der Waals surface area contributed by atoms with Crippen LogP contribution in [0.5, 0.6) is 0 Å². The lowest BCUT2D eigenvalue weighted by Crippen LogP contribution is -1.59. The molecule has 2 rings (SSSR count). The van der Waals surface area contributed by atoms with Gasteiger partial charge in [0.25, 0.3) is 0 Å². The Morgan fingerprint density at radius 1 is 0.917 bits per heavy atom. The minimum atomic E-state index is 0.905. The Kier molecular flexibility index (Phi) is 2.59. The molecule has 12 heavy (non-hydrogen) atoms. The molecule has 0 aliphatic carbocycles. The molecule has 0 aliphatic rings. The van der Waals surface area contributed by atoms with Gasteiger partial charge in [-0.05, 0) is 31.9 Å². The normalized spacial score (nSPS) is 10.5. The highest BCUT2D eigenvalue weighted by Gasteiger charge is 2.05. The van der Waals surface area contributed by atoms with Crippen LogP contribution >= 0.6 is 54.5 Å². The molecule has 0 saturated heterocycles. The van der Waals surface area contributed by atoms with Gasteiger partial charge in [0.05, 0.1) is 9.75 Å². The van der Waals surface area contributed by atoms with Gasteiger partial charge in [-0.25, -0.2) is 9.97 Å². The third-order valence-electron chi connectivity index (χ3n) is 1.20. The molecule has 0 spiro atoms. The Hall–Kier alpha value is 0.220. The summed E-state index contributed by atoms with van der Waals surface area (Å²) in [5.41, 5.74) is 0. The van der Waals surface area contributed by atoms with Crippen molar-refractivity contribution in [3.05, 3.63) is 20.2 Å². The second kappa shape index (κ2) is 3.53. The summed E-state index contributed by atoms with van der Waals surface area (Å²) in [4.78, 5) is 10.5. The highest BCUT2D eigenvalue weighted by atomic mass is 79.9. The Labute approximate surface area is 93.9 Å². The van der Waals surface area contributed by atoms with E-state index in [2.05, 4.69) is 41.8 Å². The number of aromatic nitrogens is 2. The molecular formula is C6H2Br2N2S2. The van der Waals surface area contributed by atoms with Gasteiger partial charge in [0, 0.05) is 12.4 Å². The number of rotatable bonds is 1. The van der Waals surface area contributed by atoms with Crippen LogP contribution in [0.1, 0.15) is 0 Å². The molecule has 0 fully saturated rings. The zero-order valence-corrected chi connectivity index (χ0v) is 10.4. The number of thiazole rings is 2. The van der Waals surface area contributed by atoms with Crippen LogP contribution in [0.15, 0.2) is 20.2 Å². The lowest BCUT2D eigenvalue weighted by molar-refractivity contribution is 1.37. The lowest BCUT2D eigenvalue weighted by atomic mass is 10.5. The van der Waals surface area contributed by atoms with Crippen molar-refractivity contribution in [3.8, 4) is 9.75 Å². The van der Waals surface area contributed by atoms with Crippen molar-refractivity contribution in [2.75, 3.05) is 0 Å². The first-order valence-corrected chi connectivity index (χ1v) is 6.20. The van der Waals surface area contributed by atoms with Crippen molar-refractivity contribution in [1.82, 2.24) is 9.97 Å². The van der Waals surface area contributed by atoms with Crippen LogP contribution in [0, 0.1) is 0 Å². The molecule has 2 aromatic heterocycles. The maximum absolute atomic E-state index is 4.10. The van der Waals surface area contributed by atoms with Crippen LogP contribution in [-0.4, -0.2) is 9.97 Å². The molecule has 0 atom stereocenters. The fourth-order valence-electron chi connectivity index (χ4n) is 0.733. The van der Waals surface area contributed by atoms with Crippen LogP contribution in [-0.2, 0) is 0 Å². The molecule has 0 radical (unpaired) electrons. The van der Waals surface area contributed by atoms with Crippen LogP contribution in [0.3, 0.4) is 0 Å². The van der Waals surface area contributed by atoms with E-state index in [1.807, 2.05) is 12.4 Å². The van der Waals surface area contributed by atoms with Crippen molar-refractivity contribution < 1.29 is 0 Å². The van der Waals surface area contributed by atoms with Gasteiger partial charge in [0.1, 0.15) is 0 Å². The SMILES string of the molecule is Brc1ncc(-c2cnc(Br)s2)s1. The summed E-state index contributed by atoms with van der Waals surface area (Å²) >= 11 is 9.85. The van der Waals surface area contributed by atoms with Crippen LogP contribution in [0.2, 0.25) is 0 Å². The first-order chi connectivity index (χ1) is 5.75. The summed E-state index contributed by atoms with van der Waals surface area (Å²) in [5, 5.41) is 0. The van der Waals surface area contributed by atoms with Gasteiger partial charge in [0.15, 0.2) is 7.83 Å². The van der Waals surface area contributed by atoms with E-state index < -0.39 is 0 Å². The van der Waals surface area contributed by atoms with E-state index >= 15 is 0 Å². The highest BCUT2D eigenvalue weighted by Crippen LogP contribution is 2.34. The van der Waals surface area contributed by atoms with Gasteiger partial charge < -0.3 is 0 Å². The maximum atomic E-state index is 4.10. The summed E-state index contributed by atoms with van der Waals surface area (Å²) in [6, 6.07) is 0. The van der Waals surface area contributed by atoms with Gasteiger partial charge in [-0.3, -0.25) is 0 Å². The predicted molar refractivity (Wildman–Crippen MR) is 58.6 cm³/mol. The van der Waals surface area contributed by atoms with Crippen molar-refractivity contribution in [1.29, 1.82) is 0 Å². The monoisotopic (exact) mass is 324 g/mol. The molecule has 2 heterocycles. The van der Waals surface area contributed by atoms with E-state index in [-0.39, 0.29) is 0 Å². The highest BCUT2D eigenvalue weighted by molar-refractivity contribution is 9.11. The number of nitrogens with zero attached hydrogens (tertiary/aromatic N) is 2. The van der Waals surface area contributed by atoms with Gasteiger partial charge in [-0.2, -0.15) is 0 Å². The smallest absolute Gasteiger partial charge is 0.159 e. The van der Waals surface area contributed by atoms with Gasteiger partial charge in [-0.1, -0.05) is 0 Å². The summed E-state index contributed by atoms with van der Waals surface area (Å²) < 4.78 is 1.81. The Morgan fingerprint density at radius 3 is 1.58 bits per heavy atom. The third kappa shape index (κ3) is 1.76. The van der Waals surface area contributed by atoms with Crippen LogP contribution in [0.25, 0.3) is 9.75 Å². The van der Waals surface area contributed by atoms with E-state index in [0.717, 1.165) is 17.6 Å². The lowest BCUT2D eigenvalue weighted by Gasteiger charge is -1.82. The molecular weight excluding hydrogens is 324 g/mol. The van der Waals surface area contributed by atoms with E-state index in [1.165, 1.54) is 0 Å². The molecule has 0 bridgehead atoms. The molecule has 0 amide bonds. The molecule has 6 heteroatoms. The van der Waals surface area contributed by atoms with Gasteiger partial charge in [0.2, 0.25) is 0 Å². The molecule has 2 nitrogen and oxygen atoms in total. The molecule has 0 saturated carbocycles. The molecule has 0 unspecified atom stereocenters. The first kappa shape index (κ1) is 8.80. The average Bonchev–Trinajstić information content (AvgIpc) is 2.58. The summed E-state index contributed by atoms with van der Waals surface area (Å²) in [6.07, 6.45) is 3.68. The van der Waals surface area contributed by atoms with Gasteiger partial charge >= 0.3 is 0 Å². The maximum Gasteiger partial charge on any atom is 0.159 e. The number of hydrogen-bond donors (Lipinski definition) is 0. The van der Waals surface area contributed by atoms with Crippen molar-refractivity contribution in [2.45, 2.75) is 0 Å². The van der Waals surface area contributed by atoms with Crippen molar-refractivity contribution >= 4 is 54.5 Å². The molecule has 2 aromatic rings. The minimum absolute atomic E-state index is 0.905. The third-order valence-corrected chi connectivity index (χ3v) is 4.35. The van der Waals surface area contributed by atoms with Crippen LogP contribution < -0.4 is 0 Å². The largest absolute Gasteiger partial charge is 0.237 e. The molecule has 0 aliphatic heterocycles. The topological polar surface area (TPSA) is 25.8 Å². The summed E-state index contributed by atoms with van der Waals surface area (Å²) in [5.74, 6) is 0. The van der Waals surface area contributed by atoms with Crippen LogP contribution in [0.4, 0.5) is 0 Å². The Bertz CT molecular complexity index is 357. The Morgan fingerprint density at radius 2 is 1.33 bits per heavy atom. The zero-order chi connectivity index (χ0) is 8.55. The van der Waals surface area contributed by atoms with E-state index in [1.54, 1.807) is 22.7 Å². The number of hydrogen-bond acceptors (Lipinski definition) is 4. The Balaban J connectivity index is 2.43. The second-order valence-corrected chi connectivity index (χ2v) is 6.57. The predicted octanol–water partition coefficient (Wildman–Crippen LogP) is 3.79. The van der Waals surface area contributed by atoms with Crippen molar-refractivity contribution in [3.63, 3.8) is 0 Å². The minimum Gasteiger partial charge on any atom is -0.237 e. The van der Waals surface area contributed by atoms with Crippen molar-refractivity contribution in [2.24, 2.45) is 0 Å². The molecule has 62 valence electrons. The first-order valence-electron chi connectivity index (χ1n) is 2.99. The molecule has 0 N–H and O–H groups in total. The number of halogens is 2. The fourth-order valence-corrected chi connectivity index (χ4v) is 3.33. The summed E-state index contributed by atoms with van der Waals surface area (Å²) in [6.45, 7) is 0. The molecule has 0 aromatic carbocycles. The standard InChI is InChI=1S/C6H2Br2N2S2/c7-5-9-1-3(11-5)4-2-10-6(8)12-4/h1-2H. The van der Waals surface area contributed by atoms with E-state index in [4.69, 9.17) is 0 Å². The summed E-state index contributed by atoms with van der Waals surface area (Å²) in [7, 11) is 0. The quantitative estimate of drug-likeness (QED) is 0.797. The fraction of sp³-hybridized carbons (Fsp3) is 0.